The minimum Gasteiger partial charge on any atom is -0.347 e. The highest BCUT2D eigenvalue weighted by Crippen LogP contribution is 2.20. The largest absolute Gasteiger partial charge is 0.347 e. The number of piperidine rings is 1. The number of hydrogen-bond donors (Lipinski definition) is 1. The average Bonchev–Trinajstić information content (AvgIpc) is 3.24. The number of carbonyl (C=O) groups excluding carboxylic acids is 2. The van der Waals surface area contributed by atoms with Crippen LogP contribution >= 0.6 is 0 Å². The number of benzene rings is 1. The second-order valence-corrected chi connectivity index (χ2v) is 6.93. The maximum atomic E-state index is 12.6. The third kappa shape index (κ3) is 4.66. The molecule has 0 saturated carbocycles. The Morgan fingerprint density at radius 1 is 1.17 bits per heavy atom. The summed E-state index contributed by atoms with van der Waals surface area (Å²) < 4.78 is 5.23. The van der Waals surface area contributed by atoms with Crippen molar-refractivity contribution in [2.75, 3.05) is 6.54 Å². The molecule has 0 aliphatic carbocycles. The van der Waals surface area contributed by atoms with E-state index in [-0.39, 0.29) is 24.3 Å². The van der Waals surface area contributed by atoms with Gasteiger partial charge in [-0.3, -0.25) is 14.6 Å². The molecule has 1 aliphatic rings. The summed E-state index contributed by atoms with van der Waals surface area (Å²) >= 11 is 0. The molecule has 1 aliphatic heterocycles. The van der Waals surface area contributed by atoms with Crippen LogP contribution in [-0.2, 0) is 22.7 Å². The van der Waals surface area contributed by atoms with Crippen molar-refractivity contribution < 1.29 is 14.1 Å². The monoisotopic (exact) mass is 391 g/mol. The van der Waals surface area contributed by atoms with Crippen molar-refractivity contribution in [3.8, 4) is 11.4 Å². The van der Waals surface area contributed by atoms with Gasteiger partial charge in [-0.2, -0.15) is 4.98 Å². The summed E-state index contributed by atoms with van der Waals surface area (Å²) in [7, 11) is 0. The van der Waals surface area contributed by atoms with Crippen LogP contribution in [0.1, 0.15) is 24.4 Å². The topological polar surface area (TPSA) is 101 Å². The molecule has 0 radical (unpaired) electrons. The van der Waals surface area contributed by atoms with Gasteiger partial charge in [0.25, 0.3) is 0 Å². The van der Waals surface area contributed by atoms with Gasteiger partial charge in [0, 0.05) is 24.7 Å². The van der Waals surface area contributed by atoms with Crippen LogP contribution in [0.5, 0.6) is 0 Å². The summed E-state index contributed by atoms with van der Waals surface area (Å²) in [6.07, 6.45) is 2.58. The van der Waals surface area contributed by atoms with Crippen LogP contribution in [0.3, 0.4) is 0 Å². The Kier molecular flexibility index (Phi) is 5.60. The molecule has 148 valence electrons. The molecule has 8 heteroatoms. The first-order valence-electron chi connectivity index (χ1n) is 9.52. The lowest BCUT2D eigenvalue weighted by Gasteiger charge is -2.31. The van der Waals surface area contributed by atoms with Crippen LogP contribution < -0.4 is 5.32 Å². The Hall–Kier alpha value is -3.55. The molecule has 1 unspecified atom stereocenters. The number of aromatic nitrogens is 3. The molecular formula is C21H21N5O3. The third-order valence-electron chi connectivity index (χ3n) is 4.86. The van der Waals surface area contributed by atoms with Crippen molar-refractivity contribution in [3.63, 3.8) is 0 Å². The molecule has 1 fully saturated rings. The molecule has 1 atom stereocenters. The minimum absolute atomic E-state index is 0.0455. The first kappa shape index (κ1) is 18.8. The second kappa shape index (κ2) is 8.64. The van der Waals surface area contributed by atoms with E-state index in [1.54, 1.807) is 11.1 Å². The van der Waals surface area contributed by atoms with E-state index in [9.17, 15) is 9.59 Å². The maximum absolute atomic E-state index is 12.6. The normalized spacial score (nSPS) is 16.6. The van der Waals surface area contributed by atoms with Gasteiger partial charge < -0.3 is 14.7 Å². The lowest BCUT2D eigenvalue weighted by Crippen LogP contribution is -2.45. The number of nitrogens with zero attached hydrogens (tertiary/aromatic N) is 4. The van der Waals surface area contributed by atoms with Gasteiger partial charge in [-0.25, -0.2) is 0 Å². The van der Waals surface area contributed by atoms with Gasteiger partial charge >= 0.3 is 0 Å². The fourth-order valence-electron chi connectivity index (χ4n) is 3.31. The fraction of sp³-hybridized carbons (Fsp3) is 0.286. The zero-order valence-electron chi connectivity index (χ0n) is 15.8. The molecule has 4 rings (SSSR count). The molecule has 3 heterocycles. The molecule has 8 nitrogen and oxygen atoms in total. The highest BCUT2D eigenvalue weighted by atomic mass is 16.5. The zero-order chi connectivity index (χ0) is 20.1. The van der Waals surface area contributed by atoms with Crippen LogP contribution in [0.15, 0.2) is 59.3 Å². The zero-order valence-corrected chi connectivity index (χ0v) is 15.8. The Bertz CT molecular complexity index is 974. The van der Waals surface area contributed by atoms with Gasteiger partial charge in [0.15, 0.2) is 0 Å². The summed E-state index contributed by atoms with van der Waals surface area (Å²) in [4.78, 5) is 35.1. The van der Waals surface area contributed by atoms with E-state index in [0.717, 1.165) is 11.3 Å². The quantitative estimate of drug-likeness (QED) is 0.691. The van der Waals surface area contributed by atoms with E-state index in [1.807, 2.05) is 48.5 Å². The van der Waals surface area contributed by atoms with Crippen LogP contribution in [-0.4, -0.2) is 38.4 Å². The minimum atomic E-state index is -0.270. The molecular weight excluding hydrogens is 370 g/mol. The number of pyridine rings is 1. The van der Waals surface area contributed by atoms with E-state index in [1.165, 1.54) is 0 Å². The first-order valence-corrected chi connectivity index (χ1v) is 9.52. The Balaban J connectivity index is 1.32. The summed E-state index contributed by atoms with van der Waals surface area (Å²) in [6, 6.07) is 15.1. The molecule has 2 amide bonds. The van der Waals surface area contributed by atoms with Crippen molar-refractivity contribution in [3.05, 3.63) is 66.3 Å². The highest BCUT2D eigenvalue weighted by molar-refractivity contribution is 5.83. The number of carbonyl (C=O) groups is 2. The van der Waals surface area contributed by atoms with Crippen LogP contribution in [0.2, 0.25) is 0 Å². The van der Waals surface area contributed by atoms with Crippen molar-refractivity contribution >= 4 is 11.8 Å². The summed E-state index contributed by atoms with van der Waals surface area (Å²) in [5.41, 5.74) is 1.66. The average molecular weight is 391 g/mol. The van der Waals surface area contributed by atoms with Crippen LogP contribution in [0.25, 0.3) is 11.4 Å². The van der Waals surface area contributed by atoms with Crippen molar-refractivity contribution in [1.82, 2.24) is 25.3 Å². The van der Waals surface area contributed by atoms with Gasteiger partial charge in [0.2, 0.25) is 23.5 Å². The smallest absolute Gasteiger partial charge is 0.246 e. The fourth-order valence-corrected chi connectivity index (χ4v) is 3.31. The predicted molar refractivity (Wildman–Crippen MR) is 104 cm³/mol. The summed E-state index contributed by atoms with van der Waals surface area (Å²) in [6.45, 7) is 0.942. The Morgan fingerprint density at radius 3 is 2.79 bits per heavy atom. The lowest BCUT2D eigenvalue weighted by atomic mass is 9.96. The van der Waals surface area contributed by atoms with Gasteiger partial charge in [0.05, 0.1) is 24.7 Å². The molecule has 1 N–H and O–H groups in total. The van der Waals surface area contributed by atoms with Crippen molar-refractivity contribution in [2.24, 2.45) is 5.92 Å². The third-order valence-corrected chi connectivity index (χ3v) is 4.86. The molecule has 2 aromatic heterocycles. The van der Waals surface area contributed by atoms with E-state index >= 15 is 0 Å². The van der Waals surface area contributed by atoms with Gasteiger partial charge in [-0.05, 0) is 18.6 Å². The van der Waals surface area contributed by atoms with E-state index < -0.39 is 0 Å². The second-order valence-electron chi connectivity index (χ2n) is 6.93. The molecule has 29 heavy (non-hydrogen) atoms. The number of hydrogen-bond acceptors (Lipinski definition) is 6. The number of rotatable bonds is 6. The van der Waals surface area contributed by atoms with Gasteiger partial charge in [-0.1, -0.05) is 41.6 Å². The number of likely N-dealkylation sites (tertiary alicyclic amines) is 1. The maximum Gasteiger partial charge on any atom is 0.246 e. The van der Waals surface area contributed by atoms with Gasteiger partial charge in [-0.15, -0.1) is 0 Å². The Morgan fingerprint density at radius 2 is 2.00 bits per heavy atom. The molecule has 0 bridgehead atoms. The standard InChI is InChI=1S/C21H21N5O3/c27-19-10-9-16(13-26(19)14-17-8-4-5-11-22-17)21(28)23-12-18-24-20(25-29-18)15-6-2-1-3-7-15/h1-8,11,16H,9-10,12-14H2,(H,23,28). The highest BCUT2D eigenvalue weighted by Gasteiger charge is 2.30. The SMILES string of the molecule is O=C(NCc1nc(-c2ccccc2)no1)C1CCC(=O)N(Cc2ccccn2)C1. The van der Waals surface area contributed by atoms with E-state index in [0.29, 0.717) is 37.6 Å². The number of nitrogens with one attached hydrogen (secondary N) is 1. The molecule has 1 aromatic carbocycles. The number of amides is 2. The van der Waals surface area contributed by atoms with Crippen molar-refractivity contribution in [2.45, 2.75) is 25.9 Å². The van der Waals surface area contributed by atoms with E-state index in [4.69, 9.17) is 4.52 Å². The Labute approximate surface area is 167 Å². The molecule has 1 saturated heterocycles. The summed E-state index contributed by atoms with van der Waals surface area (Å²) in [5, 5.41) is 6.79. The van der Waals surface area contributed by atoms with Gasteiger partial charge in [0.1, 0.15) is 0 Å². The molecule has 0 spiro atoms. The molecule has 3 aromatic rings. The summed E-state index contributed by atoms with van der Waals surface area (Å²) in [5.74, 6) is 0.481. The van der Waals surface area contributed by atoms with Crippen molar-refractivity contribution in [1.29, 1.82) is 0 Å². The van der Waals surface area contributed by atoms with Crippen LogP contribution in [0.4, 0.5) is 0 Å². The predicted octanol–water partition coefficient (Wildman–Crippen LogP) is 2.19. The van der Waals surface area contributed by atoms with Crippen LogP contribution in [0, 0.1) is 5.92 Å². The first-order chi connectivity index (χ1) is 14.2. The lowest BCUT2D eigenvalue weighted by molar-refractivity contribution is -0.139. The van der Waals surface area contributed by atoms with E-state index in [2.05, 4.69) is 20.4 Å².